The number of nitriles is 1. The van der Waals surface area contributed by atoms with Crippen LogP contribution in [-0.2, 0) is 9.53 Å². The summed E-state index contributed by atoms with van der Waals surface area (Å²) in [5.41, 5.74) is 0.654. The quantitative estimate of drug-likeness (QED) is 0.816. The third-order valence-corrected chi connectivity index (χ3v) is 3.56. The molecule has 0 aliphatic rings. The first kappa shape index (κ1) is 15.8. The van der Waals surface area contributed by atoms with Gasteiger partial charge in [-0.2, -0.15) is 5.26 Å². The molecular formula is C16H13ClN2O3. The molecule has 22 heavy (non-hydrogen) atoms. The lowest BCUT2D eigenvalue weighted by Gasteiger charge is -2.18. The number of halogens is 1. The molecule has 1 atom stereocenters. The van der Waals surface area contributed by atoms with Gasteiger partial charge >= 0.3 is 5.97 Å². The maximum atomic E-state index is 12.4. The fourth-order valence-electron chi connectivity index (χ4n) is 2.15. The summed E-state index contributed by atoms with van der Waals surface area (Å²) in [7, 11) is 1.25. The third kappa shape index (κ3) is 2.87. The van der Waals surface area contributed by atoms with Crippen molar-refractivity contribution < 1.29 is 9.53 Å². The Morgan fingerprint density at radius 1 is 1.27 bits per heavy atom. The summed E-state index contributed by atoms with van der Waals surface area (Å²) in [5, 5.41) is 9.58. The average molecular weight is 317 g/mol. The summed E-state index contributed by atoms with van der Waals surface area (Å²) >= 11 is 5.87. The van der Waals surface area contributed by atoms with E-state index in [1.165, 1.54) is 17.7 Å². The van der Waals surface area contributed by atoms with Crippen molar-refractivity contribution in [3.63, 3.8) is 0 Å². The average Bonchev–Trinajstić information content (AvgIpc) is 2.54. The molecule has 5 nitrogen and oxygen atoms in total. The first-order chi connectivity index (χ1) is 10.5. The maximum Gasteiger partial charge on any atom is 0.328 e. The highest BCUT2D eigenvalue weighted by atomic mass is 35.5. The van der Waals surface area contributed by atoms with Crippen molar-refractivity contribution in [2.75, 3.05) is 7.11 Å². The zero-order valence-electron chi connectivity index (χ0n) is 12.0. The van der Waals surface area contributed by atoms with Crippen LogP contribution < -0.4 is 5.56 Å². The van der Waals surface area contributed by atoms with Gasteiger partial charge in [-0.25, -0.2) is 4.79 Å². The van der Waals surface area contributed by atoms with Crippen LogP contribution in [0.25, 0.3) is 11.3 Å². The highest BCUT2D eigenvalue weighted by Crippen LogP contribution is 2.23. The first-order valence-electron chi connectivity index (χ1n) is 6.49. The summed E-state index contributed by atoms with van der Waals surface area (Å²) in [6.45, 7) is 1.55. The predicted octanol–water partition coefficient (Wildman–Crippen LogP) is 2.77. The summed E-state index contributed by atoms with van der Waals surface area (Å²) < 4.78 is 5.96. The summed E-state index contributed by atoms with van der Waals surface area (Å²) in [6.07, 6.45) is 0. The van der Waals surface area contributed by atoms with Crippen molar-refractivity contribution in [3.8, 4) is 17.3 Å². The Labute approximate surface area is 132 Å². The Kier molecular flexibility index (Phi) is 4.64. The molecule has 0 saturated heterocycles. The highest BCUT2D eigenvalue weighted by Gasteiger charge is 2.21. The van der Waals surface area contributed by atoms with Crippen molar-refractivity contribution in [1.29, 1.82) is 5.26 Å². The number of methoxy groups -OCH3 is 1. The van der Waals surface area contributed by atoms with Gasteiger partial charge < -0.3 is 4.74 Å². The van der Waals surface area contributed by atoms with E-state index in [1.54, 1.807) is 37.3 Å². The molecule has 1 unspecified atom stereocenters. The van der Waals surface area contributed by atoms with Gasteiger partial charge in [-0.3, -0.25) is 9.36 Å². The Bertz CT molecular complexity index is 804. The van der Waals surface area contributed by atoms with E-state index in [4.69, 9.17) is 21.6 Å². The Hall–Kier alpha value is -2.58. The number of rotatable bonds is 3. The molecule has 2 rings (SSSR count). The second-order valence-corrected chi connectivity index (χ2v) is 5.06. The van der Waals surface area contributed by atoms with Crippen LogP contribution in [0.3, 0.4) is 0 Å². The van der Waals surface area contributed by atoms with Crippen molar-refractivity contribution in [3.05, 3.63) is 57.3 Å². The number of ether oxygens (including phenoxy) is 1. The Balaban J connectivity index is 2.72. The number of carbonyl (C=O) groups is 1. The van der Waals surface area contributed by atoms with Crippen LogP contribution in [0.15, 0.2) is 41.2 Å². The fraction of sp³-hybridized carbons (Fsp3) is 0.188. The number of carbonyl (C=O) groups excluding carboxylic acids is 1. The van der Waals surface area contributed by atoms with Crippen LogP contribution >= 0.6 is 11.6 Å². The minimum atomic E-state index is -0.850. The van der Waals surface area contributed by atoms with Crippen LogP contribution in [-0.4, -0.2) is 17.6 Å². The minimum absolute atomic E-state index is 0.0338. The molecule has 6 heteroatoms. The van der Waals surface area contributed by atoms with Crippen molar-refractivity contribution in [2.45, 2.75) is 13.0 Å². The molecule has 0 aliphatic heterocycles. The number of benzene rings is 1. The molecule has 0 saturated carbocycles. The number of hydrogen-bond acceptors (Lipinski definition) is 4. The van der Waals surface area contributed by atoms with Crippen LogP contribution in [0.2, 0.25) is 5.02 Å². The molecule has 0 amide bonds. The Morgan fingerprint density at radius 3 is 2.45 bits per heavy atom. The van der Waals surface area contributed by atoms with E-state index in [-0.39, 0.29) is 5.56 Å². The summed E-state index contributed by atoms with van der Waals surface area (Å²) in [5.74, 6) is -0.563. The lowest BCUT2D eigenvalue weighted by molar-refractivity contribution is -0.144. The lowest BCUT2D eigenvalue weighted by atomic mass is 10.1. The predicted molar refractivity (Wildman–Crippen MR) is 82.6 cm³/mol. The summed E-state index contributed by atoms with van der Waals surface area (Å²) in [4.78, 5) is 24.2. The van der Waals surface area contributed by atoms with E-state index in [0.717, 1.165) is 0 Å². The van der Waals surface area contributed by atoms with E-state index in [9.17, 15) is 9.59 Å². The van der Waals surface area contributed by atoms with Crippen LogP contribution in [0.5, 0.6) is 0 Å². The molecule has 0 N–H and O–H groups in total. The topological polar surface area (TPSA) is 72.1 Å². The molecular weight excluding hydrogens is 304 g/mol. The molecule has 0 aliphatic carbocycles. The molecule has 1 aromatic heterocycles. The van der Waals surface area contributed by atoms with Crippen molar-refractivity contribution in [1.82, 2.24) is 4.57 Å². The van der Waals surface area contributed by atoms with Crippen LogP contribution in [0.4, 0.5) is 0 Å². The molecule has 1 aromatic carbocycles. The van der Waals surface area contributed by atoms with Gasteiger partial charge in [0.05, 0.1) is 12.8 Å². The number of pyridine rings is 1. The fourth-order valence-corrected chi connectivity index (χ4v) is 2.28. The number of hydrogen-bond donors (Lipinski definition) is 0. The van der Waals surface area contributed by atoms with Crippen LogP contribution in [0, 0.1) is 11.3 Å². The lowest BCUT2D eigenvalue weighted by Crippen LogP contribution is -2.31. The number of nitrogens with zero attached hydrogens (tertiary/aromatic N) is 2. The van der Waals surface area contributed by atoms with E-state index in [0.29, 0.717) is 16.3 Å². The second kappa shape index (κ2) is 6.46. The molecule has 0 bridgehead atoms. The monoisotopic (exact) mass is 316 g/mol. The molecule has 1 heterocycles. The SMILES string of the molecule is COC(=O)C(C)n1c(-c2ccc(Cl)cc2)ccc(C#N)c1=O. The Morgan fingerprint density at radius 2 is 1.91 bits per heavy atom. The van der Waals surface area contributed by atoms with Crippen molar-refractivity contribution >= 4 is 17.6 Å². The summed E-state index contributed by atoms with van der Waals surface area (Å²) in [6, 6.07) is 10.9. The molecule has 2 aromatic rings. The van der Waals surface area contributed by atoms with E-state index in [2.05, 4.69) is 0 Å². The molecule has 0 spiro atoms. The number of aromatic nitrogens is 1. The zero-order chi connectivity index (χ0) is 16.3. The van der Waals surface area contributed by atoms with Gasteiger partial charge in [0.25, 0.3) is 5.56 Å². The number of esters is 1. The van der Waals surface area contributed by atoms with E-state index >= 15 is 0 Å². The third-order valence-electron chi connectivity index (χ3n) is 3.31. The van der Waals surface area contributed by atoms with Crippen LogP contribution in [0.1, 0.15) is 18.5 Å². The first-order valence-corrected chi connectivity index (χ1v) is 6.86. The normalized spacial score (nSPS) is 11.5. The van der Waals surface area contributed by atoms with Gasteiger partial charge in [-0.15, -0.1) is 0 Å². The minimum Gasteiger partial charge on any atom is -0.467 e. The molecule has 0 radical (unpaired) electrons. The van der Waals surface area contributed by atoms with Gasteiger partial charge in [0.15, 0.2) is 0 Å². The van der Waals surface area contributed by atoms with Gasteiger partial charge in [0.1, 0.15) is 17.7 Å². The zero-order valence-corrected chi connectivity index (χ0v) is 12.8. The molecule has 0 fully saturated rings. The second-order valence-electron chi connectivity index (χ2n) is 4.63. The highest BCUT2D eigenvalue weighted by molar-refractivity contribution is 6.30. The largest absolute Gasteiger partial charge is 0.467 e. The van der Waals surface area contributed by atoms with Crippen molar-refractivity contribution in [2.24, 2.45) is 0 Å². The van der Waals surface area contributed by atoms with E-state index < -0.39 is 17.6 Å². The maximum absolute atomic E-state index is 12.4. The van der Waals surface area contributed by atoms with Gasteiger partial charge in [0.2, 0.25) is 0 Å². The van der Waals surface area contributed by atoms with Gasteiger partial charge in [-0.05, 0) is 36.8 Å². The molecule has 112 valence electrons. The smallest absolute Gasteiger partial charge is 0.328 e. The van der Waals surface area contributed by atoms with E-state index in [1.807, 2.05) is 6.07 Å². The van der Waals surface area contributed by atoms with Gasteiger partial charge in [-0.1, -0.05) is 23.7 Å². The standard InChI is InChI=1S/C16H13ClN2O3/c1-10(16(21)22-2)19-14(8-5-12(9-18)15(19)20)11-3-6-13(17)7-4-11/h3-8,10H,1-2H3. The van der Waals surface area contributed by atoms with Gasteiger partial charge in [0, 0.05) is 5.02 Å².